The standard InChI is InChI=1S/C20H33N3O5/c1-4-15(5-2)28-17-12-14(19(25)26)11-16(18(17)21-13(3)24)22-20(27)23-9-7-6-8-10-23/h12,15-18H,4-11H2,1-3H3,(H,21,24)(H,22,27)(H,25,26)/t16-,17+,18+/m0/s1. The predicted octanol–water partition coefficient (Wildman–Crippen LogP) is 2.04. The molecule has 3 N–H and O–H groups in total. The number of ether oxygens (including phenoxy) is 1. The van der Waals surface area contributed by atoms with Crippen LogP contribution in [0.3, 0.4) is 0 Å². The van der Waals surface area contributed by atoms with Gasteiger partial charge < -0.3 is 25.4 Å². The minimum atomic E-state index is -1.03. The fraction of sp³-hybridized carbons (Fsp3) is 0.750. The first-order valence-electron chi connectivity index (χ1n) is 10.3. The molecule has 2 aliphatic rings. The number of carboxylic acids is 1. The molecule has 2 rings (SSSR count). The molecule has 0 unspecified atom stereocenters. The molecule has 0 aromatic rings. The average Bonchev–Trinajstić information content (AvgIpc) is 2.68. The zero-order valence-electron chi connectivity index (χ0n) is 17.1. The summed E-state index contributed by atoms with van der Waals surface area (Å²) in [5, 5.41) is 15.4. The van der Waals surface area contributed by atoms with Gasteiger partial charge in [-0.3, -0.25) is 4.79 Å². The normalized spacial score (nSPS) is 25.2. The van der Waals surface area contributed by atoms with Crippen molar-refractivity contribution < 1.29 is 24.2 Å². The van der Waals surface area contributed by atoms with E-state index in [1.54, 1.807) is 11.0 Å². The number of hydrogen-bond acceptors (Lipinski definition) is 4. The molecule has 158 valence electrons. The van der Waals surface area contributed by atoms with Gasteiger partial charge in [-0.1, -0.05) is 13.8 Å². The lowest BCUT2D eigenvalue weighted by molar-refractivity contribution is -0.133. The molecule has 1 aliphatic carbocycles. The van der Waals surface area contributed by atoms with Crippen LogP contribution >= 0.6 is 0 Å². The van der Waals surface area contributed by atoms with E-state index in [2.05, 4.69) is 10.6 Å². The molecule has 0 radical (unpaired) electrons. The Morgan fingerprint density at radius 1 is 1.18 bits per heavy atom. The Morgan fingerprint density at radius 2 is 1.82 bits per heavy atom. The number of likely N-dealkylation sites (tertiary alicyclic amines) is 1. The van der Waals surface area contributed by atoms with Crippen molar-refractivity contribution in [3.8, 4) is 0 Å². The van der Waals surface area contributed by atoms with E-state index in [0.29, 0.717) is 13.1 Å². The third-order valence-electron chi connectivity index (χ3n) is 5.45. The van der Waals surface area contributed by atoms with E-state index in [9.17, 15) is 19.5 Å². The lowest BCUT2D eigenvalue weighted by Crippen LogP contribution is -2.61. The van der Waals surface area contributed by atoms with Crippen LogP contribution in [0.15, 0.2) is 11.6 Å². The summed E-state index contributed by atoms with van der Waals surface area (Å²) in [5.41, 5.74) is 0.196. The topological polar surface area (TPSA) is 108 Å². The number of aliphatic carboxylic acids is 1. The maximum absolute atomic E-state index is 12.7. The summed E-state index contributed by atoms with van der Waals surface area (Å²) in [6.07, 6.45) is 5.65. The lowest BCUT2D eigenvalue weighted by Gasteiger charge is -2.39. The molecule has 28 heavy (non-hydrogen) atoms. The molecule has 3 atom stereocenters. The Bertz CT molecular complexity index is 597. The summed E-state index contributed by atoms with van der Waals surface area (Å²) in [7, 11) is 0. The predicted molar refractivity (Wildman–Crippen MR) is 105 cm³/mol. The van der Waals surface area contributed by atoms with Crippen molar-refractivity contribution in [2.45, 2.75) is 83.6 Å². The van der Waals surface area contributed by atoms with Gasteiger partial charge in [0.25, 0.3) is 0 Å². The molecule has 0 aromatic carbocycles. The summed E-state index contributed by atoms with van der Waals surface area (Å²) in [6, 6.07) is -1.28. The first-order chi connectivity index (χ1) is 13.3. The molecule has 0 saturated carbocycles. The lowest BCUT2D eigenvalue weighted by atomic mass is 9.87. The molecule has 3 amide bonds. The van der Waals surface area contributed by atoms with Crippen LogP contribution in [0.1, 0.15) is 59.3 Å². The van der Waals surface area contributed by atoms with Crippen LogP contribution < -0.4 is 10.6 Å². The van der Waals surface area contributed by atoms with Crippen LogP contribution in [-0.4, -0.2) is 65.3 Å². The van der Waals surface area contributed by atoms with Crippen molar-refractivity contribution in [2.75, 3.05) is 13.1 Å². The molecule has 0 spiro atoms. The van der Waals surface area contributed by atoms with Crippen LogP contribution in [0.2, 0.25) is 0 Å². The maximum atomic E-state index is 12.7. The molecular weight excluding hydrogens is 362 g/mol. The van der Waals surface area contributed by atoms with Gasteiger partial charge in [0.15, 0.2) is 0 Å². The highest BCUT2D eigenvalue weighted by molar-refractivity contribution is 5.87. The number of hydrogen-bond donors (Lipinski definition) is 3. The number of rotatable bonds is 7. The third kappa shape index (κ3) is 5.95. The summed E-state index contributed by atoms with van der Waals surface area (Å²) >= 11 is 0. The van der Waals surface area contributed by atoms with Crippen molar-refractivity contribution in [2.24, 2.45) is 0 Å². The fourth-order valence-corrected chi connectivity index (χ4v) is 3.85. The zero-order valence-corrected chi connectivity index (χ0v) is 17.1. The van der Waals surface area contributed by atoms with Gasteiger partial charge >= 0.3 is 12.0 Å². The number of piperidine rings is 1. The van der Waals surface area contributed by atoms with E-state index in [-0.39, 0.29) is 30.0 Å². The van der Waals surface area contributed by atoms with Crippen LogP contribution in [0.5, 0.6) is 0 Å². The van der Waals surface area contributed by atoms with E-state index >= 15 is 0 Å². The minimum absolute atomic E-state index is 0.0518. The summed E-state index contributed by atoms with van der Waals surface area (Å²) < 4.78 is 6.12. The minimum Gasteiger partial charge on any atom is -0.478 e. The molecular formula is C20H33N3O5. The second-order valence-corrected chi connectivity index (χ2v) is 7.57. The van der Waals surface area contributed by atoms with E-state index in [0.717, 1.165) is 32.1 Å². The van der Waals surface area contributed by atoms with Crippen molar-refractivity contribution in [1.82, 2.24) is 15.5 Å². The highest BCUT2D eigenvalue weighted by Gasteiger charge is 2.38. The number of carbonyl (C=O) groups excluding carboxylic acids is 2. The van der Waals surface area contributed by atoms with E-state index in [1.165, 1.54) is 6.92 Å². The zero-order chi connectivity index (χ0) is 20.7. The Kier molecular flexibility index (Phi) is 8.29. The SMILES string of the molecule is CCC(CC)O[C@@H]1C=C(C(=O)O)C[C@H](NC(=O)N2CCCCC2)[C@H]1NC(C)=O. The second kappa shape index (κ2) is 10.5. The largest absolute Gasteiger partial charge is 0.478 e. The Labute approximate surface area is 166 Å². The van der Waals surface area contributed by atoms with Crippen molar-refractivity contribution >= 4 is 17.9 Å². The number of amides is 3. The molecule has 1 fully saturated rings. The van der Waals surface area contributed by atoms with Crippen LogP contribution in [0, 0.1) is 0 Å². The Morgan fingerprint density at radius 3 is 2.36 bits per heavy atom. The molecule has 1 aliphatic heterocycles. The maximum Gasteiger partial charge on any atom is 0.331 e. The quantitative estimate of drug-likeness (QED) is 0.611. The first-order valence-corrected chi connectivity index (χ1v) is 10.3. The van der Waals surface area contributed by atoms with Gasteiger partial charge in [-0.25, -0.2) is 9.59 Å². The third-order valence-corrected chi connectivity index (χ3v) is 5.45. The monoisotopic (exact) mass is 395 g/mol. The van der Waals surface area contributed by atoms with Gasteiger partial charge in [0.05, 0.1) is 24.3 Å². The molecule has 0 bridgehead atoms. The highest BCUT2D eigenvalue weighted by atomic mass is 16.5. The summed E-state index contributed by atoms with van der Waals surface area (Å²) in [5.74, 6) is -1.27. The molecule has 1 heterocycles. The van der Waals surface area contributed by atoms with Gasteiger partial charge in [0.2, 0.25) is 5.91 Å². The number of carbonyl (C=O) groups is 3. The Balaban J connectivity index is 2.23. The molecule has 1 saturated heterocycles. The number of urea groups is 1. The van der Waals surface area contributed by atoms with Crippen LogP contribution in [-0.2, 0) is 14.3 Å². The first kappa shape index (κ1) is 22.2. The summed E-state index contributed by atoms with van der Waals surface area (Å²) in [6.45, 7) is 6.80. The van der Waals surface area contributed by atoms with Crippen molar-refractivity contribution in [3.05, 3.63) is 11.6 Å². The van der Waals surface area contributed by atoms with Gasteiger partial charge in [-0.05, 0) is 38.2 Å². The van der Waals surface area contributed by atoms with Gasteiger partial charge in [0, 0.05) is 32.0 Å². The second-order valence-electron chi connectivity index (χ2n) is 7.57. The molecule has 8 heteroatoms. The van der Waals surface area contributed by atoms with E-state index in [4.69, 9.17) is 4.74 Å². The van der Waals surface area contributed by atoms with Crippen molar-refractivity contribution in [1.29, 1.82) is 0 Å². The Hall–Kier alpha value is -2.09. The van der Waals surface area contributed by atoms with E-state index < -0.39 is 24.2 Å². The smallest absolute Gasteiger partial charge is 0.331 e. The van der Waals surface area contributed by atoms with Crippen LogP contribution in [0.25, 0.3) is 0 Å². The van der Waals surface area contributed by atoms with Gasteiger partial charge in [0.1, 0.15) is 0 Å². The summed E-state index contributed by atoms with van der Waals surface area (Å²) in [4.78, 5) is 37.9. The fourth-order valence-electron chi connectivity index (χ4n) is 3.85. The molecule has 8 nitrogen and oxygen atoms in total. The van der Waals surface area contributed by atoms with E-state index in [1.807, 2.05) is 13.8 Å². The van der Waals surface area contributed by atoms with Crippen LogP contribution in [0.4, 0.5) is 4.79 Å². The van der Waals surface area contributed by atoms with Crippen molar-refractivity contribution in [3.63, 3.8) is 0 Å². The molecule has 0 aromatic heterocycles. The van der Waals surface area contributed by atoms with Gasteiger partial charge in [-0.2, -0.15) is 0 Å². The number of nitrogens with zero attached hydrogens (tertiary/aromatic N) is 1. The highest BCUT2D eigenvalue weighted by Crippen LogP contribution is 2.25. The number of carboxylic acid groups (broad SMARTS) is 1. The van der Waals surface area contributed by atoms with Gasteiger partial charge in [-0.15, -0.1) is 0 Å². The average molecular weight is 396 g/mol. The number of nitrogens with one attached hydrogen (secondary N) is 2.